The fourth-order valence-corrected chi connectivity index (χ4v) is 4.48. The molecule has 4 rings (SSSR count). The summed E-state index contributed by atoms with van der Waals surface area (Å²) in [5, 5.41) is 3.97. The van der Waals surface area contributed by atoms with Gasteiger partial charge in [-0.15, -0.1) is 0 Å². The molecule has 0 aliphatic carbocycles. The highest BCUT2D eigenvalue weighted by Crippen LogP contribution is 2.21. The van der Waals surface area contributed by atoms with Crippen LogP contribution >= 0.6 is 11.8 Å². The van der Waals surface area contributed by atoms with E-state index < -0.39 is 0 Å². The van der Waals surface area contributed by atoms with Crippen LogP contribution < -0.4 is 10.9 Å². The Bertz CT molecular complexity index is 1130. The van der Waals surface area contributed by atoms with Gasteiger partial charge in [0.15, 0.2) is 5.16 Å². The molecule has 8 heteroatoms. The van der Waals surface area contributed by atoms with E-state index in [1.165, 1.54) is 23.9 Å². The molecular weight excluding hydrogens is 417 g/mol. The maximum absolute atomic E-state index is 13.1. The first-order valence-corrected chi connectivity index (χ1v) is 11.3. The lowest BCUT2D eigenvalue weighted by atomic mass is 10.1. The number of thioether (sulfide) groups is 1. The summed E-state index contributed by atoms with van der Waals surface area (Å²) in [6, 6.07) is 13.0. The zero-order chi connectivity index (χ0) is 21.8. The highest BCUT2D eigenvalue weighted by Gasteiger charge is 2.21. The van der Waals surface area contributed by atoms with Gasteiger partial charge in [-0.2, -0.15) is 0 Å². The monoisotopic (exact) mass is 441 g/mol. The number of amides is 1. The van der Waals surface area contributed by atoms with Crippen molar-refractivity contribution in [1.29, 1.82) is 0 Å². The van der Waals surface area contributed by atoms with Gasteiger partial charge in [-0.1, -0.05) is 36.0 Å². The Balaban J connectivity index is 1.50. The number of carbonyl (C=O) groups is 1. The van der Waals surface area contributed by atoms with Crippen LogP contribution in [-0.4, -0.2) is 33.9 Å². The molecule has 2 aromatic carbocycles. The number of nitrogens with zero attached hydrogens (tertiary/aromatic N) is 2. The van der Waals surface area contributed by atoms with Crippen LogP contribution in [0.5, 0.6) is 0 Å². The number of benzene rings is 2. The first-order chi connectivity index (χ1) is 15.0. The number of aromatic nitrogens is 2. The lowest BCUT2D eigenvalue weighted by Crippen LogP contribution is -2.30. The summed E-state index contributed by atoms with van der Waals surface area (Å²) in [7, 11) is 0. The molecule has 0 spiro atoms. The second-order valence-corrected chi connectivity index (χ2v) is 8.53. The molecule has 162 valence electrons. The van der Waals surface area contributed by atoms with Crippen molar-refractivity contribution in [3.63, 3.8) is 0 Å². The average Bonchev–Trinajstić information content (AvgIpc) is 3.28. The maximum atomic E-state index is 13.1. The Morgan fingerprint density at radius 2 is 2.06 bits per heavy atom. The minimum atomic E-state index is -0.315. The number of halogens is 1. The predicted octanol–water partition coefficient (Wildman–Crippen LogP) is 3.68. The van der Waals surface area contributed by atoms with E-state index in [1.54, 1.807) is 28.8 Å². The minimum absolute atomic E-state index is 0.0210. The van der Waals surface area contributed by atoms with E-state index in [0.717, 1.165) is 18.4 Å². The summed E-state index contributed by atoms with van der Waals surface area (Å²) in [5.74, 6) is -0.390. The van der Waals surface area contributed by atoms with E-state index >= 15 is 0 Å². The molecule has 3 aromatic rings. The third-order valence-electron chi connectivity index (χ3n) is 5.32. The lowest BCUT2D eigenvalue weighted by molar-refractivity contribution is -0.119. The van der Waals surface area contributed by atoms with E-state index in [-0.39, 0.29) is 35.2 Å². The molecule has 1 saturated heterocycles. The van der Waals surface area contributed by atoms with Gasteiger partial charge >= 0.3 is 0 Å². The molecule has 0 saturated carbocycles. The third-order valence-corrected chi connectivity index (χ3v) is 6.29. The number of rotatable bonds is 7. The van der Waals surface area contributed by atoms with Crippen molar-refractivity contribution in [3.05, 3.63) is 70.3 Å². The molecule has 2 heterocycles. The molecule has 1 aromatic heterocycles. The quantitative estimate of drug-likeness (QED) is 0.447. The summed E-state index contributed by atoms with van der Waals surface area (Å²) >= 11 is 1.23. The Hall–Kier alpha value is -2.71. The zero-order valence-corrected chi connectivity index (χ0v) is 18.0. The Kier molecular flexibility index (Phi) is 6.67. The third kappa shape index (κ3) is 5.14. The van der Waals surface area contributed by atoms with E-state index in [1.807, 2.05) is 19.1 Å². The van der Waals surface area contributed by atoms with Crippen molar-refractivity contribution in [2.45, 2.75) is 43.6 Å². The van der Waals surface area contributed by atoms with Crippen LogP contribution in [0.3, 0.4) is 0 Å². The summed E-state index contributed by atoms with van der Waals surface area (Å²) in [5.41, 5.74) is 1.31. The lowest BCUT2D eigenvalue weighted by Gasteiger charge is -2.17. The molecule has 1 aliphatic rings. The molecule has 1 aliphatic heterocycles. The van der Waals surface area contributed by atoms with Gasteiger partial charge in [0.1, 0.15) is 5.82 Å². The number of nitrogens with one attached hydrogen (secondary N) is 1. The second kappa shape index (κ2) is 9.62. The average molecular weight is 442 g/mol. The van der Waals surface area contributed by atoms with Crippen molar-refractivity contribution >= 4 is 28.6 Å². The van der Waals surface area contributed by atoms with Crippen LogP contribution in [-0.2, 0) is 16.1 Å². The summed E-state index contributed by atoms with van der Waals surface area (Å²) in [6.07, 6.45) is 1.86. The van der Waals surface area contributed by atoms with Gasteiger partial charge in [-0.25, -0.2) is 9.37 Å². The van der Waals surface area contributed by atoms with Crippen LogP contribution in [0.4, 0.5) is 4.39 Å². The van der Waals surface area contributed by atoms with Gasteiger partial charge in [0.05, 0.1) is 35.3 Å². The molecule has 0 bridgehead atoms. The van der Waals surface area contributed by atoms with Crippen LogP contribution in [0.15, 0.2) is 58.5 Å². The van der Waals surface area contributed by atoms with Gasteiger partial charge in [-0.3, -0.25) is 14.2 Å². The van der Waals surface area contributed by atoms with Crippen LogP contribution in [0.2, 0.25) is 0 Å². The summed E-state index contributed by atoms with van der Waals surface area (Å²) in [4.78, 5) is 30.3. The normalized spacial score (nSPS) is 17.0. The standard InChI is InChI=1S/C23H24FN3O3S/c1-15(16-8-10-17(24)11-9-16)25-21(28)14-31-23-26-20-7-3-2-6-19(20)22(29)27(23)13-18-5-4-12-30-18/h2-3,6-11,15,18H,4-5,12-14H2,1H3,(H,25,28)/t15-,18-/m0/s1. The summed E-state index contributed by atoms with van der Waals surface area (Å²) < 4.78 is 20.5. The first-order valence-electron chi connectivity index (χ1n) is 10.3. The van der Waals surface area contributed by atoms with E-state index in [9.17, 15) is 14.0 Å². The number of carbonyl (C=O) groups excluding carboxylic acids is 1. The first kappa shape index (κ1) is 21.5. The van der Waals surface area contributed by atoms with Gasteiger partial charge in [0, 0.05) is 6.61 Å². The minimum Gasteiger partial charge on any atom is -0.376 e. The fourth-order valence-electron chi connectivity index (χ4n) is 3.66. The predicted molar refractivity (Wildman–Crippen MR) is 119 cm³/mol. The number of ether oxygens (including phenoxy) is 1. The number of hydrogen-bond donors (Lipinski definition) is 1. The molecule has 31 heavy (non-hydrogen) atoms. The number of para-hydroxylation sites is 1. The molecule has 6 nitrogen and oxygen atoms in total. The topological polar surface area (TPSA) is 73.2 Å². The maximum Gasteiger partial charge on any atom is 0.262 e. The largest absolute Gasteiger partial charge is 0.376 e. The molecule has 1 N–H and O–H groups in total. The van der Waals surface area contributed by atoms with Gasteiger partial charge in [0.2, 0.25) is 5.91 Å². The van der Waals surface area contributed by atoms with E-state index in [4.69, 9.17) is 4.74 Å². The van der Waals surface area contributed by atoms with Gasteiger partial charge < -0.3 is 10.1 Å². The Labute approximate surface area is 183 Å². The fraction of sp³-hybridized carbons (Fsp3) is 0.348. The van der Waals surface area contributed by atoms with Crippen LogP contribution in [0, 0.1) is 5.82 Å². The van der Waals surface area contributed by atoms with E-state index in [0.29, 0.717) is 29.2 Å². The van der Waals surface area contributed by atoms with Crippen molar-refractivity contribution in [1.82, 2.24) is 14.9 Å². The highest BCUT2D eigenvalue weighted by atomic mass is 32.2. The molecule has 1 amide bonds. The zero-order valence-electron chi connectivity index (χ0n) is 17.2. The van der Waals surface area contributed by atoms with Crippen molar-refractivity contribution in [2.75, 3.05) is 12.4 Å². The molecule has 1 fully saturated rings. The summed E-state index contributed by atoms with van der Waals surface area (Å²) in [6.45, 7) is 2.97. The van der Waals surface area contributed by atoms with Crippen molar-refractivity contribution < 1.29 is 13.9 Å². The van der Waals surface area contributed by atoms with Crippen LogP contribution in [0.1, 0.15) is 31.4 Å². The van der Waals surface area contributed by atoms with Crippen molar-refractivity contribution in [3.8, 4) is 0 Å². The highest BCUT2D eigenvalue weighted by molar-refractivity contribution is 7.99. The molecule has 0 unspecified atom stereocenters. The second-order valence-electron chi connectivity index (χ2n) is 7.59. The van der Waals surface area contributed by atoms with Crippen LogP contribution in [0.25, 0.3) is 10.9 Å². The van der Waals surface area contributed by atoms with Gasteiger partial charge in [0.25, 0.3) is 5.56 Å². The van der Waals surface area contributed by atoms with E-state index in [2.05, 4.69) is 10.3 Å². The number of fused-ring (bicyclic) bond motifs is 1. The Morgan fingerprint density at radius 3 is 2.81 bits per heavy atom. The van der Waals surface area contributed by atoms with Gasteiger partial charge in [-0.05, 0) is 49.6 Å². The smallest absolute Gasteiger partial charge is 0.262 e. The van der Waals surface area contributed by atoms with Crippen molar-refractivity contribution in [2.24, 2.45) is 0 Å². The molecular formula is C23H24FN3O3S. The Morgan fingerprint density at radius 1 is 1.29 bits per heavy atom. The molecule has 0 radical (unpaired) electrons. The SMILES string of the molecule is C[C@H](NC(=O)CSc1nc2ccccc2c(=O)n1C[C@@H]1CCCO1)c1ccc(F)cc1. The number of hydrogen-bond acceptors (Lipinski definition) is 5. The molecule has 2 atom stereocenters.